The molecule has 0 aromatic heterocycles. The van der Waals surface area contributed by atoms with Gasteiger partial charge < -0.3 is 15.3 Å². The lowest BCUT2D eigenvalue weighted by atomic mass is 9.69. The third-order valence-corrected chi connectivity index (χ3v) is 9.28. The Bertz CT molecular complexity index is 1350. The van der Waals surface area contributed by atoms with Crippen molar-refractivity contribution in [3.05, 3.63) is 69.2 Å². The molecule has 9 heteroatoms. The van der Waals surface area contributed by atoms with E-state index in [1.165, 1.54) is 0 Å². The predicted molar refractivity (Wildman–Crippen MR) is 172 cm³/mol. The van der Waals surface area contributed by atoms with E-state index in [1.54, 1.807) is 30.3 Å². The molecule has 0 bridgehead atoms. The molecular weight excluding hydrogens is 585 g/mol. The van der Waals surface area contributed by atoms with E-state index in [0.29, 0.717) is 38.7 Å². The van der Waals surface area contributed by atoms with Gasteiger partial charge in [0.2, 0.25) is 0 Å². The minimum atomic E-state index is -0.967. The molecule has 4 rings (SSSR count). The molecule has 2 aromatic rings. The summed E-state index contributed by atoms with van der Waals surface area (Å²) in [6, 6.07) is 12.2. The van der Waals surface area contributed by atoms with Crippen LogP contribution in [0.2, 0.25) is 10.0 Å². The van der Waals surface area contributed by atoms with E-state index in [-0.39, 0.29) is 36.2 Å². The largest absolute Gasteiger partial charge is 0.481 e. The molecule has 2 aromatic carbocycles. The molecule has 1 aliphatic heterocycles. The average molecular weight is 629 g/mol. The van der Waals surface area contributed by atoms with Crippen molar-refractivity contribution < 1.29 is 19.5 Å². The molecule has 1 heterocycles. The molecule has 0 saturated heterocycles. The summed E-state index contributed by atoms with van der Waals surface area (Å²) < 4.78 is 0. The average Bonchev–Trinajstić information content (AvgIpc) is 3.19. The lowest BCUT2D eigenvalue weighted by Crippen LogP contribution is -2.51. The molecule has 2 N–H and O–H groups in total. The Hall–Kier alpha value is -2.90. The maximum Gasteiger partial charge on any atom is 0.305 e. The lowest BCUT2D eigenvalue weighted by Gasteiger charge is -2.47. The van der Waals surface area contributed by atoms with Gasteiger partial charge in [-0.2, -0.15) is 0 Å². The van der Waals surface area contributed by atoms with Crippen LogP contribution in [0.5, 0.6) is 0 Å². The molecule has 1 fully saturated rings. The van der Waals surface area contributed by atoms with Gasteiger partial charge in [0.15, 0.2) is 0 Å². The van der Waals surface area contributed by atoms with Crippen LogP contribution in [0.25, 0.3) is 0 Å². The number of carboxylic acid groups (broad SMARTS) is 1. The van der Waals surface area contributed by atoms with Gasteiger partial charge in [-0.1, -0.05) is 70.0 Å². The zero-order valence-corrected chi connectivity index (χ0v) is 27.3. The third-order valence-electron chi connectivity index (χ3n) is 8.85. The summed E-state index contributed by atoms with van der Waals surface area (Å²) in [5.41, 5.74) is 1.88. The standard InChI is InChI=1S/C34H43Cl2N3O4/c1-21(2)6-11-28(22-7-9-23(10-8-22)31(42)37-17-14-29(40)41)39-32(43)30(24-18-26(35)20-27(36)19-24)38-34(39)15-12-25(13-16-34)33(3,4)5/h7-10,18-21,25,28H,6,11-17H2,1-5H3,(H,37,42)(H,40,41). The number of carboxylic acids is 1. The van der Waals surface area contributed by atoms with E-state index < -0.39 is 11.6 Å². The van der Waals surface area contributed by atoms with Crippen molar-refractivity contribution in [3.8, 4) is 0 Å². The van der Waals surface area contributed by atoms with E-state index in [0.717, 1.165) is 44.1 Å². The number of carbonyl (C=O) groups is 3. The highest BCUT2D eigenvalue weighted by Crippen LogP contribution is 2.50. The Morgan fingerprint density at radius 1 is 1.05 bits per heavy atom. The predicted octanol–water partition coefficient (Wildman–Crippen LogP) is 7.94. The molecule has 2 aliphatic rings. The first kappa shape index (κ1) is 33.0. The second kappa shape index (κ2) is 13.4. The molecule has 232 valence electrons. The van der Waals surface area contributed by atoms with E-state index in [1.807, 2.05) is 17.0 Å². The topological polar surface area (TPSA) is 99.1 Å². The quantitative estimate of drug-likeness (QED) is 0.279. The van der Waals surface area contributed by atoms with E-state index in [9.17, 15) is 14.4 Å². The van der Waals surface area contributed by atoms with Gasteiger partial charge in [-0.05, 0) is 91.7 Å². The second-order valence-electron chi connectivity index (χ2n) is 13.4. The number of nitrogens with one attached hydrogen (secondary N) is 1. The number of aliphatic imine (C=N–C) groups is 1. The van der Waals surface area contributed by atoms with Gasteiger partial charge in [0, 0.05) is 27.7 Å². The summed E-state index contributed by atoms with van der Waals surface area (Å²) in [7, 11) is 0. The molecule has 1 aliphatic carbocycles. The maximum atomic E-state index is 14.5. The van der Waals surface area contributed by atoms with Gasteiger partial charge in [0.1, 0.15) is 11.4 Å². The highest BCUT2D eigenvalue weighted by molar-refractivity contribution is 6.47. The first-order valence-corrected chi connectivity index (χ1v) is 16.0. The molecule has 43 heavy (non-hydrogen) atoms. The maximum absolute atomic E-state index is 14.5. The molecule has 1 spiro atoms. The van der Waals surface area contributed by atoms with Crippen LogP contribution in [0.4, 0.5) is 0 Å². The zero-order chi connectivity index (χ0) is 31.5. The fourth-order valence-corrected chi connectivity index (χ4v) is 6.93. The number of aliphatic carboxylic acids is 1. The van der Waals surface area contributed by atoms with Crippen molar-refractivity contribution in [2.24, 2.45) is 22.2 Å². The molecule has 1 atom stereocenters. The lowest BCUT2D eigenvalue weighted by molar-refractivity contribution is -0.137. The zero-order valence-electron chi connectivity index (χ0n) is 25.8. The summed E-state index contributed by atoms with van der Waals surface area (Å²) >= 11 is 12.7. The summed E-state index contributed by atoms with van der Waals surface area (Å²) in [5.74, 6) is -0.464. The Balaban J connectivity index is 1.72. The smallest absolute Gasteiger partial charge is 0.305 e. The van der Waals surface area contributed by atoms with Crippen molar-refractivity contribution in [3.63, 3.8) is 0 Å². The minimum absolute atomic E-state index is 0.0565. The van der Waals surface area contributed by atoms with Crippen molar-refractivity contribution in [1.29, 1.82) is 0 Å². The highest BCUT2D eigenvalue weighted by Gasteiger charge is 2.52. The first-order valence-electron chi connectivity index (χ1n) is 15.2. The van der Waals surface area contributed by atoms with Gasteiger partial charge in [-0.15, -0.1) is 0 Å². The van der Waals surface area contributed by atoms with Gasteiger partial charge in [-0.25, -0.2) is 0 Å². The van der Waals surface area contributed by atoms with Gasteiger partial charge in [0.05, 0.1) is 12.5 Å². The number of benzene rings is 2. The van der Waals surface area contributed by atoms with Crippen LogP contribution in [0.15, 0.2) is 47.5 Å². The molecule has 2 amide bonds. The molecule has 0 radical (unpaired) electrons. The molecule has 1 unspecified atom stereocenters. The summed E-state index contributed by atoms with van der Waals surface area (Å²) in [6.07, 6.45) is 4.97. The Morgan fingerprint density at radius 2 is 1.65 bits per heavy atom. The first-order chi connectivity index (χ1) is 20.2. The van der Waals surface area contributed by atoms with Gasteiger partial charge >= 0.3 is 5.97 Å². The van der Waals surface area contributed by atoms with Crippen molar-refractivity contribution >= 4 is 46.7 Å². The second-order valence-corrected chi connectivity index (χ2v) is 14.3. The number of hydrogen-bond donors (Lipinski definition) is 2. The molecular formula is C34H43Cl2N3O4. The summed E-state index contributed by atoms with van der Waals surface area (Å²) in [4.78, 5) is 45.2. The fourth-order valence-electron chi connectivity index (χ4n) is 6.40. The number of nitrogens with zero attached hydrogens (tertiary/aromatic N) is 2. The normalized spacial score (nSPS) is 21.3. The minimum Gasteiger partial charge on any atom is -0.481 e. The van der Waals surface area contributed by atoms with Crippen molar-refractivity contribution in [2.75, 3.05) is 6.54 Å². The van der Waals surface area contributed by atoms with Gasteiger partial charge in [0.25, 0.3) is 11.8 Å². The number of rotatable bonds is 10. The number of hydrogen-bond acceptors (Lipinski definition) is 4. The van der Waals surface area contributed by atoms with Gasteiger partial charge in [-0.3, -0.25) is 19.4 Å². The van der Waals surface area contributed by atoms with Crippen LogP contribution >= 0.6 is 23.2 Å². The van der Waals surface area contributed by atoms with Crippen LogP contribution in [0, 0.1) is 17.3 Å². The summed E-state index contributed by atoms with van der Waals surface area (Å²) in [6.45, 7) is 11.2. The number of amides is 2. The van der Waals surface area contributed by atoms with Crippen LogP contribution in [-0.4, -0.2) is 45.7 Å². The molecule has 7 nitrogen and oxygen atoms in total. The Labute approximate surface area is 265 Å². The van der Waals surface area contributed by atoms with Crippen LogP contribution in [0.3, 0.4) is 0 Å². The summed E-state index contributed by atoms with van der Waals surface area (Å²) in [5, 5.41) is 12.4. The van der Waals surface area contributed by atoms with Crippen LogP contribution in [-0.2, 0) is 9.59 Å². The third kappa shape index (κ3) is 7.79. The van der Waals surface area contributed by atoms with Crippen molar-refractivity contribution in [2.45, 2.75) is 91.3 Å². The molecule has 1 saturated carbocycles. The fraction of sp³-hybridized carbons (Fsp3) is 0.529. The van der Waals surface area contributed by atoms with E-state index in [4.69, 9.17) is 33.3 Å². The van der Waals surface area contributed by atoms with Crippen LogP contribution in [0.1, 0.15) is 107 Å². The van der Waals surface area contributed by atoms with Crippen molar-refractivity contribution in [1.82, 2.24) is 10.2 Å². The van der Waals surface area contributed by atoms with E-state index >= 15 is 0 Å². The Kier molecular flexibility index (Phi) is 10.3. The number of carbonyl (C=O) groups excluding carboxylic acids is 2. The number of halogens is 2. The van der Waals surface area contributed by atoms with Crippen LogP contribution < -0.4 is 5.32 Å². The SMILES string of the molecule is CC(C)CCC(c1ccc(C(=O)NCCC(=O)O)cc1)N1C(=O)C(c2cc(Cl)cc(Cl)c2)=NC12CCC(C(C)(C)C)CC2. The Morgan fingerprint density at radius 3 is 2.19 bits per heavy atom. The highest BCUT2D eigenvalue weighted by atomic mass is 35.5. The van der Waals surface area contributed by atoms with E-state index in [2.05, 4.69) is 39.9 Å². The monoisotopic (exact) mass is 627 g/mol.